The molecule has 0 aromatic carbocycles. The van der Waals surface area contributed by atoms with Crippen molar-refractivity contribution in [2.75, 3.05) is 6.54 Å². The fraction of sp³-hybridized carbons (Fsp3) is 0.941. The Morgan fingerprint density at radius 3 is 2.29 bits per heavy atom. The molecular formula is C17H33N3O. The second kappa shape index (κ2) is 5.88. The molecule has 1 amide bonds. The van der Waals surface area contributed by atoms with Gasteiger partial charge in [-0.05, 0) is 66.3 Å². The van der Waals surface area contributed by atoms with E-state index in [0.29, 0.717) is 0 Å². The van der Waals surface area contributed by atoms with Crippen molar-refractivity contribution in [2.24, 2.45) is 0 Å². The summed E-state index contributed by atoms with van der Waals surface area (Å²) in [6.45, 7) is 12.0. The van der Waals surface area contributed by atoms with Crippen molar-refractivity contribution >= 4 is 5.91 Å². The molecule has 4 nitrogen and oxygen atoms in total. The lowest BCUT2D eigenvalue weighted by Gasteiger charge is -2.47. The van der Waals surface area contributed by atoms with Gasteiger partial charge in [0.15, 0.2) is 0 Å². The molecule has 0 aliphatic carbocycles. The van der Waals surface area contributed by atoms with Gasteiger partial charge in [0, 0.05) is 17.1 Å². The zero-order chi connectivity index (χ0) is 15.7. The highest BCUT2D eigenvalue weighted by Crippen LogP contribution is 2.30. The summed E-state index contributed by atoms with van der Waals surface area (Å²) < 4.78 is 0. The Balaban J connectivity index is 2.04. The van der Waals surface area contributed by atoms with Crippen LogP contribution in [0.25, 0.3) is 0 Å². The van der Waals surface area contributed by atoms with E-state index in [-0.39, 0.29) is 28.6 Å². The molecule has 2 fully saturated rings. The second-order valence-electron chi connectivity index (χ2n) is 8.33. The molecule has 0 aromatic heterocycles. The highest BCUT2D eigenvalue weighted by atomic mass is 16.2. The van der Waals surface area contributed by atoms with E-state index in [0.717, 1.165) is 45.1 Å². The van der Waals surface area contributed by atoms with Crippen molar-refractivity contribution in [2.45, 2.75) is 95.8 Å². The molecule has 2 aliphatic rings. The third kappa shape index (κ3) is 3.98. The lowest BCUT2D eigenvalue weighted by atomic mass is 9.79. The van der Waals surface area contributed by atoms with E-state index in [1.807, 2.05) is 0 Å². The first-order valence-corrected chi connectivity index (χ1v) is 8.53. The first kappa shape index (κ1) is 16.8. The average Bonchev–Trinajstić information content (AvgIpc) is 2.74. The van der Waals surface area contributed by atoms with Crippen molar-refractivity contribution in [3.05, 3.63) is 0 Å². The molecule has 0 radical (unpaired) electrons. The molecule has 2 aliphatic heterocycles. The fourth-order valence-electron chi connectivity index (χ4n) is 4.50. The van der Waals surface area contributed by atoms with Crippen LogP contribution in [-0.2, 0) is 4.79 Å². The van der Waals surface area contributed by atoms with Gasteiger partial charge in [-0.15, -0.1) is 0 Å². The Kier molecular flexibility index (Phi) is 4.69. The van der Waals surface area contributed by atoms with Crippen LogP contribution in [0.15, 0.2) is 0 Å². The van der Waals surface area contributed by atoms with Crippen LogP contribution in [0, 0.1) is 0 Å². The molecule has 21 heavy (non-hydrogen) atoms. The van der Waals surface area contributed by atoms with Gasteiger partial charge in [-0.2, -0.15) is 0 Å². The summed E-state index contributed by atoms with van der Waals surface area (Å²) in [6, 6.07) is 0.264. The molecule has 1 unspecified atom stereocenters. The summed E-state index contributed by atoms with van der Waals surface area (Å²) in [6.07, 6.45) is 6.05. The molecule has 1 atom stereocenters. The number of nitrogens with one attached hydrogen (secondary N) is 3. The zero-order valence-corrected chi connectivity index (χ0v) is 14.4. The molecule has 3 N–H and O–H groups in total. The molecule has 0 aromatic rings. The normalized spacial score (nSPS) is 32.0. The van der Waals surface area contributed by atoms with E-state index in [2.05, 4.69) is 50.6 Å². The summed E-state index contributed by atoms with van der Waals surface area (Å²) in [5.41, 5.74) is -0.171. The molecule has 0 spiro atoms. The van der Waals surface area contributed by atoms with Crippen LogP contribution in [0.2, 0.25) is 0 Å². The van der Waals surface area contributed by atoms with E-state index < -0.39 is 0 Å². The Bertz CT molecular complexity index is 367. The predicted molar refractivity (Wildman–Crippen MR) is 87.3 cm³/mol. The van der Waals surface area contributed by atoms with E-state index in [1.165, 1.54) is 0 Å². The molecule has 2 rings (SSSR count). The van der Waals surface area contributed by atoms with Gasteiger partial charge in [0.2, 0.25) is 5.91 Å². The number of carbonyl (C=O) groups excluding carboxylic acids is 1. The smallest absolute Gasteiger partial charge is 0.240 e. The van der Waals surface area contributed by atoms with E-state index in [9.17, 15) is 4.79 Å². The third-order valence-corrected chi connectivity index (χ3v) is 4.88. The van der Waals surface area contributed by atoms with Crippen molar-refractivity contribution < 1.29 is 4.79 Å². The Morgan fingerprint density at radius 2 is 1.81 bits per heavy atom. The molecule has 0 saturated carbocycles. The monoisotopic (exact) mass is 295 g/mol. The molecular weight excluding hydrogens is 262 g/mol. The summed E-state index contributed by atoms with van der Waals surface area (Å²) >= 11 is 0. The SMILES string of the molecule is CCCC1(C(=O)NC2CC(C)(C)NC(C)(C)C2)CCCN1. The van der Waals surface area contributed by atoms with Gasteiger partial charge >= 0.3 is 0 Å². The number of hydrogen-bond donors (Lipinski definition) is 3. The van der Waals surface area contributed by atoms with Crippen molar-refractivity contribution in [3.8, 4) is 0 Å². The topological polar surface area (TPSA) is 53.2 Å². The highest BCUT2D eigenvalue weighted by molar-refractivity contribution is 5.87. The summed E-state index contributed by atoms with van der Waals surface area (Å²) in [7, 11) is 0. The number of carbonyl (C=O) groups is 1. The van der Waals surface area contributed by atoms with Crippen LogP contribution >= 0.6 is 0 Å². The van der Waals surface area contributed by atoms with Crippen LogP contribution in [0.3, 0.4) is 0 Å². The highest BCUT2D eigenvalue weighted by Gasteiger charge is 2.43. The van der Waals surface area contributed by atoms with Crippen molar-refractivity contribution in [3.63, 3.8) is 0 Å². The Hall–Kier alpha value is -0.610. The maximum atomic E-state index is 12.9. The van der Waals surface area contributed by atoms with E-state index in [1.54, 1.807) is 0 Å². The fourth-order valence-corrected chi connectivity index (χ4v) is 4.50. The zero-order valence-electron chi connectivity index (χ0n) is 14.4. The van der Waals surface area contributed by atoms with Gasteiger partial charge in [0.25, 0.3) is 0 Å². The number of piperidine rings is 1. The lowest BCUT2D eigenvalue weighted by Crippen LogP contribution is -2.64. The predicted octanol–water partition coefficient (Wildman–Crippen LogP) is 2.33. The second-order valence-corrected chi connectivity index (χ2v) is 8.33. The van der Waals surface area contributed by atoms with Gasteiger partial charge in [-0.25, -0.2) is 0 Å². The van der Waals surface area contributed by atoms with Crippen molar-refractivity contribution in [1.82, 2.24) is 16.0 Å². The third-order valence-electron chi connectivity index (χ3n) is 4.88. The average molecular weight is 295 g/mol. The van der Waals surface area contributed by atoms with E-state index in [4.69, 9.17) is 0 Å². The van der Waals surface area contributed by atoms with Crippen LogP contribution in [0.4, 0.5) is 0 Å². The van der Waals surface area contributed by atoms with Crippen LogP contribution < -0.4 is 16.0 Å². The van der Waals surface area contributed by atoms with Gasteiger partial charge in [0.1, 0.15) is 0 Å². The van der Waals surface area contributed by atoms with Crippen LogP contribution in [-0.4, -0.2) is 35.1 Å². The summed E-state index contributed by atoms with van der Waals surface area (Å²) in [5.74, 6) is 0.223. The van der Waals surface area contributed by atoms with Gasteiger partial charge < -0.3 is 16.0 Å². The standard InChI is InChI=1S/C17H33N3O/c1-6-8-17(9-7-10-18-17)14(21)19-13-11-15(2,3)20-16(4,5)12-13/h13,18,20H,6-12H2,1-5H3,(H,19,21). The molecule has 0 bridgehead atoms. The number of hydrogen-bond acceptors (Lipinski definition) is 3. The van der Waals surface area contributed by atoms with E-state index >= 15 is 0 Å². The molecule has 2 heterocycles. The number of rotatable bonds is 4. The minimum Gasteiger partial charge on any atom is -0.352 e. The molecule has 2 saturated heterocycles. The van der Waals surface area contributed by atoms with Crippen molar-refractivity contribution in [1.29, 1.82) is 0 Å². The number of amides is 1. The minimum absolute atomic E-state index is 0.0702. The lowest BCUT2D eigenvalue weighted by molar-refractivity contribution is -0.128. The molecule has 4 heteroatoms. The Morgan fingerprint density at radius 1 is 1.19 bits per heavy atom. The molecule has 122 valence electrons. The first-order chi connectivity index (χ1) is 9.68. The Labute approximate surface area is 129 Å². The van der Waals surface area contributed by atoms with Gasteiger partial charge in [-0.3, -0.25) is 4.79 Å². The minimum atomic E-state index is -0.312. The maximum Gasteiger partial charge on any atom is 0.240 e. The quantitative estimate of drug-likeness (QED) is 0.746. The van der Waals surface area contributed by atoms with Gasteiger partial charge in [0.05, 0.1) is 5.54 Å². The van der Waals surface area contributed by atoms with Crippen LogP contribution in [0.1, 0.15) is 73.1 Å². The maximum absolute atomic E-state index is 12.9. The largest absolute Gasteiger partial charge is 0.352 e. The first-order valence-electron chi connectivity index (χ1n) is 8.53. The van der Waals surface area contributed by atoms with Crippen LogP contribution in [0.5, 0.6) is 0 Å². The summed E-state index contributed by atoms with van der Waals surface area (Å²) in [4.78, 5) is 12.9. The van der Waals surface area contributed by atoms with Gasteiger partial charge in [-0.1, -0.05) is 13.3 Å². The summed E-state index contributed by atoms with van der Waals surface area (Å²) in [5, 5.41) is 10.5.